The van der Waals surface area contributed by atoms with E-state index in [0.717, 1.165) is 0 Å². The van der Waals surface area contributed by atoms with Gasteiger partial charge in [-0.2, -0.15) is 5.10 Å². The second-order valence-electron chi connectivity index (χ2n) is 5.54. The van der Waals surface area contributed by atoms with Crippen molar-refractivity contribution in [2.75, 3.05) is 26.2 Å². The highest BCUT2D eigenvalue weighted by Crippen LogP contribution is 2.19. The maximum atomic E-state index is 12.6. The SMILES string of the molecule is Cc1[nH]nc(C(=O)N2CCCN(C(=O)c3cnccn3)CC2)c1Cl. The van der Waals surface area contributed by atoms with Crippen molar-refractivity contribution < 1.29 is 9.59 Å². The van der Waals surface area contributed by atoms with Crippen molar-refractivity contribution in [3.8, 4) is 0 Å². The molecule has 1 N–H and O–H groups in total. The van der Waals surface area contributed by atoms with Gasteiger partial charge in [-0.05, 0) is 13.3 Å². The van der Waals surface area contributed by atoms with E-state index < -0.39 is 0 Å². The Balaban J connectivity index is 1.68. The van der Waals surface area contributed by atoms with Crippen LogP contribution in [0.15, 0.2) is 18.6 Å². The van der Waals surface area contributed by atoms with Crippen molar-refractivity contribution in [2.45, 2.75) is 13.3 Å². The largest absolute Gasteiger partial charge is 0.335 e. The van der Waals surface area contributed by atoms with Crippen LogP contribution in [0.4, 0.5) is 0 Å². The predicted molar refractivity (Wildman–Crippen MR) is 86.8 cm³/mol. The zero-order chi connectivity index (χ0) is 17.1. The number of hydrogen-bond donors (Lipinski definition) is 1. The Hall–Kier alpha value is -2.48. The first-order chi connectivity index (χ1) is 11.6. The lowest BCUT2D eigenvalue weighted by molar-refractivity contribution is 0.0712. The van der Waals surface area contributed by atoms with E-state index in [2.05, 4.69) is 20.2 Å². The monoisotopic (exact) mass is 348 g/mol. The van der Waals surface area contributed by atoms with Gasteiger partial charge in [0.05, 0.1) is 16.9 Å². The Morgan fingerprint density at radius 1 is 1.12 bits per heavy atom. The van der Waals surface area contributed by atoms with Gasteiger partial charge >= 0.3 is 0 Å². The van der Waals surface area contributed by atoms with Crippen LogP contribution in [0.25, 0.3) is 0 Å². The molecule has 1 saturated heterocycles. The maximum absolute atomic E-state index is 12.6. The Labute approximate surface area is 143 Å². The number of aromatic nitrogens is 4. The summed E-state index contributed by atoms with van der Waals surface area (Å²) in [5.74, 6) is -0.399. The van der Waals surface area contributed by atoms with Crippen LogP contribution in [-0.4, -0.2) is 68.0 Å². The van der Waals surface area contributed by atoms with E-state index in [-0.39, 0.29) is 17.5 Å². The molecular weight excluding hydrogens is 332 g/mol. The molecule has 0 aliphatic carbocycles. The Bertz CT molecular complexity index is 748. The molecule has 0 spiro atoms. The molecule has 9 heteroatoms. The van der Waals surface area contributed by atoms with Gasteiger partial charge < -0.3 is 9.80 Å². The van der Waals surface area contributed by atoms with E-state index in [9.17, 15) is 9.59 Å². The van der Waals surface area contributed by atoms with Crippen LogP contribution in [-0.2, 0) is 0 Å². The van der Waals surface area contributed by atoms with Crippen LogP contribution >= 0.6 is 11.6 Å². The fraction of sp³-hybridized carbons (Fsp3) is 0.400. The summed E-state index contributed by atoms with van der Waals surface area (Å²) in [5.41, 5.74) is 1.19. The third kappa shape index (κ3) is 3.23. The number of aromatic amines is 1. The molecule has 0 atom stereocenters. The number of amides is 2. The van der Waals surface area contributed by atoms with Gasteiger partial charge in [0.25, 0.3) is 11.8 Å². The second-order valence-corrected chi connectivity index (χ2v) is 5.92. The van der Waals surface area contributed by atoms with Crippen LogP contribution in [0, 0.1) is 6.92 Å². The number of aryl methyl sites for hydroxylation is 1. The molecule has 3 heterocycles. The molecule has 0 bridgehead atoms. The van der Waals surface area contributed by atoms with Crippen LogP contribution < -0.4 is 0 Å². The van der Waals surface area contributed by atoms with Gasteiger partial charge in [0.1, 0.15) is 5.69 Å². The van der Waals surface area contributed by atoms with Crippen molar-refractivity contribution in [1.29, 1.82) is 0 Å². The number of hydrogen-bond acceptors (Lipinski definition) is 5. The van der Waals surface area contributed by atoms with Crippen molar-refractivity contribution in [3.05, 3.63) is 40.7 Å². The summed E-state index contributed by atoms with van der Waals surface area (Å²) in [6.07, 6.45) is 5.14. The fourth-order valence-electron chi connectivity index (χ4n) is 2.60. The lowest BCUT2D eigenvalue weighted by atomic mass is 10.3. The van der Waals surface area contributed by atoms with Crippen LogP contribution in [0.3, 0.4) is 0 Å². The zero-order valence-corrected chi connectivity index (χ0v) is 14.0. The molecule has 8 nitrogen and oxygen atoms in total. The minimum atomic E-state index is -0.224. The highest BCUT2D eigenvalue weighted by atomic mass is 35.5. The quantitative estimate of drug-likeness (QED) is 0.878. The second kappa shape index (κ2) is 6.96. The zero-order valence-electron chi connectivity index (χ0n) is 13.2. The predicted octanol–water partition coefficient (Wildman–Crippen LogP) is 1.15. The van der Waals surface area contributed by atoms with E-state index in [4.69, 9.17) is 11.6 Å². The van der Waals surface area contributed by atoms with Crippen molar-refractivity contribution in [3.63, 3.8) is 0 Å². The molecule has 0 saturated carbocycles. The molecule has 0 aromatic carbocycles. The Morgan fingerprint density at radius 2 is 1.83 bits per heavy atom. The van der Waals surface area contributed by atoms with Gasteiger partial charge in [-0.3, -0.25) is 19.7 Å². The first kappa shape index (κ1) is 16.4. The van der Waals surface area contributed by atoms with E-state index in [0.29, 0.717) is 49.0 Å². The van der Waals surface area contributed by atoms with Gasteiger partial charge in [-0.25, -0.2) is 4.98 Å². The summed E-state index contributed by atoms with van der Waals surface area (Å²) < 4.78 is 0. The van der Waals surface area contributed by atoms with Crippen molar-refractivity contribution in [2.24, 2.45) is 0 Å². The normalized spacial score (nSPS) is 15.2. The minimum Gasteiger partial charge on any atom is -0.335 e. The van der Waals surface area contributed by atoms with Gasteiger partial charge in [0, 0.05) is 38.6 Å². The number of H-pyrrole nitrogens is 1. The fourth-order valence-corrected chi connectivity index (χ4v) is 2.77. The average Bonchev–Trinajstić information content (AvgIpc) is 2.81. The van der Waals surface area contributed by atoms with Gasteiger partial charge in [0.15, 0.2) is 5.69 Å². The number of nitrogens with one attached hydrogen (secondary N) is 1. The molecule has 0 radical (unpaired) electrons. The summed E-state index contributed by atoms with van der Waals surface area (Å²) in [6.45, 7) is 3.73. The molecule has 3 rings (SSSR count). The van der Waals surface area contributed by atoms with E-state index in [1.165, 1.54) is 18.6 Å². The highest BCUT2D eigenvalue weighted by Gasteiger charge is 2.26. The lowest BCUT2D eigenvalue weighted by Crippen LogP contribution is -2.37. The average molecular weight is 349 g/mol. The summed E-state index contributed by atoms with van der Waals surface area (Å²) in [4.78, 5) is 36.3. The first-order valence-electron chi connectivity index (χ1n) is 7.63. The molecule has 24 heavy (non-hydrogen) atoms. The third-order valence-electron chi connectivity index (χ3n) is 3.93. The molecule has 2 aromatic rings. The molecule has 126 valence electrons. The maximum Gasteiger partial charge on any atom is 0.275 e. The Kier molecular flexibility index (Phi) is 4.75. The highest BCUT2D eigenvalue weighted by molar-refractivity contribution is 6.34. The van der Waals surface area contributed by atoms with Crippen LogP contribution in [0.5, 0.6) is 0 Å². The summed E-state index contributed by atoms with van der Waals surface area (Å²) in [6, 6.07) is 0. The van der Waals surface area contributed by atoms with Gasteiger partial charge in [-0.15, -0.1) is 0 Å². The standard InChI is InChI=1S/C15H17ClN6O2/c1-10-12(16)13(20-19-10)15(24)22-6-2-5-21(7-8-22)14(23)11-9-17-3-4-18-11/h3-4,9H,2,5-8H2,1H3,(H,19,20). The van der Waals surface area contributed by atoms with E-state index in [1.807, 2.05) is 0 Å². The molecule has 0 unspecified atom stereocenters. The number of halogens is 1. The first-order valence-corrected chi connectivity index (χ1v) is 8.00. The minimum absolute atomic E-state index is 0.175. The number of rotatable bonds is 2. The number of carbonyl (C=O) groups is 2. The molecule has 2 aromatic heterocycles. The number of nitrogens with zero attached hydrogens (tertiary/aromatic N) is 5. The molecule has 1 aliphatic rings. The smallest absolute Gasteiger partial charge is 0.275 e. The third-order valence-corrected chi connectivity index (χ3v) is 4.39. The van der Waals surface area contributed by atoms with E-state index >= 15 is 0 Å². The lowest BCUT2D eigenvalue weighted by Gasteiger charge is -2.21. The number of carbonyl (C=O) groups excluding carboxylic acids is 2. The van der Waals surface area contributed by atoms with E-state index in [1.54, 1.807) is 16.7 Å². The summed E-state index contributed by atoms with van der Waals surface area (Å²) in [7, 11) is 0. The van der Waals surface area contributed by atoms with Crippen LogP contribution in [0.2, 0.25) is 5.02 Å². The molecule has 2 amide bonds. The summed E-state index contributed by atoms with van der Waals surface area (Å²) in [5, 5.41) is 7.03. The topological polar surface area (TPSA) is 95.1 Å². The van der Waals surface area contributed by atoms with Crippen molar-refractivity contribution in [1.82, 2.24) is 30.0 Å². The molecule has 1 aliphatic heterocycles. The van der Waals surface area contributed by atoms with Gasteiger partial charge in [-0.1, -0.05) is 11.6 Å². The van der Waals surface area contributed by atoms with Gasteiger partial charge in [0.2, 0.25) is 0 Å². The molecular formula is C15H17ClN6O2. The molecule has 1 fully saturated rings. The van der Waals surface area contributed by atoms with Crippen LogP contribution in [0.1, 0.15) is 33.1 Å². The Morgan fingerprint density at radius 3 is 2.42 bits per heavy atom. The van der Waals surface area contributed by atoms with Crippen molar-refractivity contribution >= 4 is 23.4 Å². The summed E-state index contributed by atoms with van der Waals surface area (Å²) >= 11 is 6.10.